The minimum Gasteiger partial charge on any atom is -0.406 e. The van der Waals surface area contributed by atoms with Gasteiger partial charge in [0.2, 0.25) is 0 Å². The molecule has 1 aromatic heterocycles. The van der Waals surface area contributed by atoms with Crippen molar-refractivity contribution in [1.29, 1.82) is 5.26 Å². The van der Waals surface area contributed by atoms with E-state index >= 15 is 0 Å². The number of hydrogen-bond donors (Lipinski definition) is 0. The lowest BCUT2D eigenvalue weighted by Crippen LogP contribution is -2.38. The Morgan fingerprint density at radius 2 is 1.80 bits per heavy atom. The fourth-order valence-electron chi connectivity index (χ4n) is 3.14. The fraction of sp³-hybridized carbons (Fsp3) is 0.421. The maximum atomic E-state index is 12.7. The lowest BCUT2D eigenvalue weighted by Gasteiger charge is -2.24. The summed E-state index contributed by atoms with van der Waals surface area (Å²) in [7, 11) is 0. The smallest absolute Gasteiger partial charge is 0.306 e. The summed E-state index contributed by atoms with van der Waals surface area (Å²) in [5, 5.41) is 9.54. The number of nitriles is 1. The number of nitrogens with zero attached hydrogens (tertiary/aromatic N) is 4. The molecule has 0 saturated carbocycles. The molecule has 0 unspecified atom stereocenters. The van der Waals surface area contributed by atoms with Gasteiger partial charge in [-0.3, -0.25) is 4.79 Å². The summed E-state index contributed by atoms with van der Waals surface area (Å²) in [5.74, 6) is 0.913. The lowest BCUT2D eigenvalue weighted by molar-refractivity contribution is 0.0463. The molecular weight excluding hydrogens is 316 g/mol. The van der Waals surface area contributed by atoms with Gasteiger partial charge in [-0.1, -0.05) is 24.3 Å². The molecule has 0 bridgehead atoms. The zero-order valence-corrected chi connectivity index (χ0v) is 14.8. The van der Waals surface area contributed by atoms with Gasteiger partial charge in [0.05, 0.1) is 0 Å². The molecule has 1 aliphatic heterocycles. The summed E-state index contributed by atoms with van der Waals surface area (Å²) in [4.78, 5) is 24.7. The largest absolute Gasteiger partial charge is 0.406 e. The monoisotopic (exact) mass is 338 g/mol. The van der Waals surface area contributed by atoms with E-state index in [0.29, 0.717) is 11.6 Å². The number of fused-ring (bicyclic) bond motifs is 1. The maximum Gasteiger partial charge on any atom is 0.306 e. The van der Waals surface area contributed by atoms with Crippen molar-refractivity contribution in [2.75, 3.05) is 18.0 Å². The second-order valence-electron chi connectivity index (χ2n) is 6.48. The molecule has 1 aliphatic rings. The van der Waals surface area contributed by atoms with Crippen LogP contribution in [0.15, 0.2) is 29.1 Å². The Labute approximate surface area is 147 Å². The normalized spacial score (nSPS) is 14.0. The van der Waals surface area contributed by atoms with Gasteiger partial charge in [-0.15, -0.1) is 4.73 Å². The standard InChI is InChI=1S/C19H22N4O2/c1-13(2)25-23-14(3)21-18(17(12-20)19(23)24)22-10-8-15-6-4-5-7-16(15)9-11-22/h4-7,13H,8-11H2,1-3H3. The van der Waals surface area contributed by atoms with Crippen LogP contribution in [0.5, 0.6) is 0 Å². The second-order valence-corrected chi connectivity index (χ2v) is 6.48. The van der Waals surface area contributed by atoms with Crippen molar-refractivity contribution < 1.29 is 4.84 Å². The Balaban J connectivity index is 1.98. The Bertz CT molecular complexity index is 853. The first-order chi connectivity index (χ1) is 12.0. The van der Waals surface area contributed by atoms with E-state index in [4.69, 9.17) is 4.84 Å². The quantitative estimate of drug-likeness (QED) is 0.854. The highest BCUT2D eigenvalue weighted by molar-refractivity contribution is 5.53. The number of rotatable bonds is 3. The Morgan fingerprint density at radius 1 is 1.20 bits per heavy atom. The van der Waals surface area contributed by atoms with Gasteiger partial charge >= 0.3 is 5.56 Å². The van der Waals surface area contributed by atoms with E-state index in [1.807, 2.05) is 36.9 Å². The van der Waals surface area contributed by atoms with E-state index in [1.54, 1.807) is 6.92 Å². The number of aromatic nitrogens is 2. The Hall–Kier alpha value is -2.81. The molecule has 130 valence electrons. The Kier molecular flexibility index (Phi) is 4.75. The molecule has 2 heterocycles. The highest BCUT2D eigenvalue weighted by atomic mass is 16.7. The van der Waals surface area contributed by atoms with Crippen molar-refractivity contribution in [3.63, 3.8) is 0 Å². The SMILES string of the molecule is Cc1nc(N2CCc3ccccc3CC2)c(C#N)c(=O)n1OC(C)C. The van der Waals surface area contributed by atoms with E-state index in [0.717, 1.165) is 30.7 Å². The molecule has 0 fully saturated rings. The molecule has 0 aliphatic carbocycles. The van der Waals surface area contributed by atoms with Gasteiger partial charge in [-0.25, -0.2) is 4.98 Å². The van der Waals surface area contributed by atoms with Gasteiger partial charge in [0.25, 0.3) is 0 Å². The predicted molar refractivity (Wildman–Crippen MR) is 95.7 cm³/mol. The topological polar surface area (TPSA) is 71.2 Å². The minimum atomic E-state index is -0.444. The molecule has 0 atom stereocenters. The van der Waals surface area contributed by atoms with Crippen LogP contribution >= 0.6 is 0 Å². The van der Waals surface area contributed by atoms with Crippen LogP contribution in [0.4, 0.5) is 5.82 Å². The average molecular weight is 338 g/mol. The summed E-state index contributed by atoms with van der Waals surface area (Å²) in [6, 6.07) is 10.4. The molecule has 0 saturated heterocycles. The third kappa shape index (κ3) is 3.36. The predicted octanol–water partition coefficient (Wildman–Crippen LogP) is 1.87. The number of aryl methyl sites for hydroxylation is 1. The van der Waals surface area contributed by atoms with Crippen LogP contribution in [-0.2, 0) is 12.8 Å². The zero-order valence-electron chi connectivity index (χ0n) is 14.8. The first-order valence-electron chi connectivity index (χ1n) is 8.54. The molecular formula is C19H22N4O2. The molecule has 0 spiro atoms. The molecule has 0 amide bonds. The van der Waals surface area contributed by atoms with Crippen LogP contribution in [0.2, 0.25) is 0 Å². The van der Waals surface area contributed by atoms with Crippen LogP contribution in [0.3, 0.4) is 0 Å². The molecule has 0 radical (unpaired) electrons. The first kappa shape index (κ1) is 17.0. The Morgan fingerprint density at radius 3 is 2.32 bits per heavy atom. The van der Waals surface area contributed by atoms with Crippen LogP contribution in [0.25, 0.3) is 0 Å². The summed E-state index contributed by atoms with van der Waals surface area (Å²) >= 11 is 0. The molecule has 0 N–H and O–H groups in total. The summed E-state index contributed by atoms with van der Waals surface area (Å²) in [6.07, 6.45) is 1.56. The number of hydrogen-bond acceptors (Lipinski definition) is 5. The van der Waals surface area contributed by atoms with Crippen molar-refractivity contribution in [2.24, 2.45) is 0 Å². The van der Waals surface area contributed by atoms with Gasteiger partial charge in [0.1, 0.15) is 18.0 Å². The van der Waals surface area contributed by atoms with Crippen molar-refractivity contribution in [3.05, 3.63) is 57.1 Å². The minimum absolute atomic E-state index is 0.0391. The third-order valence-corrected chi connectivity index (χ3v) is 4.33. The van der Waals surface area contributed by atoms with E-state index < -0.39 is 5.56 Å². The molecule has 3 rings (SSSR count). The van der Waals surface area contributed by atoms with Gasteiger partial charge in [-0.2, -0.15) is 5.26 Å². The van der Waals surface area contributed by atoms with Crippen molar-refractivity contribution in [1.82, 2.24) is 9.71 Å². The van der Waals surface area contributed by atoms with Crippen LogP contribution < -0.4 is 15.3 Å². The maximum absolute atomic E-state index is 12.7. The number of anilines is 1. The molecule has 1 aromatic carbocycles. The molecule has 2 aromatic rings. The highest BCUT2D eigenvalue weighted by Crippen LogP contribution is 2.21. The highest BCUT2D eigenvalue weighted by Gasteiger charge is 2.22. The zero-order chi connectivity index (χ0) is 18.0. The van der Waals surface area contributed by atoms with E-state index in [-0.39, 0.29) is 11.7 Å². The summed E-state index contributed by atoms with van der Waals surface area (Å²) in [5.41, 5.74) is 2.23. The molecule has 25 heavy (non-hydrogen) atoms. The van der Waals surface area contributed by atoms with Crippen molar-refractivity contribution in [2.45, 2.75) is 39.7 Å². The van der Waals surface area contributed by atoms with Crippen LogP contribution in [-0.4, -0.2) is 28.9 Å². The number of benzene rings is 1. The fourth-order valence-corrected chi connectivity index (χ4v) is 3.14. The first-order valence-corrected chi connectivity index (χ1v) is 8.54. The average Bonchev–Trinajstić information content (AvgIpc) is 2.80. The van der Waals surface area contributed by atoms with Gasteiger partial charge in [0.15, 0.2) is 11.4 Å². The summed E-state index contributed by atoms with van der Waals surface area (Å²) < 4.78 is 1.12. The molecule has 6 nitrogen and oxygen atoms in total. The van der Waals surface area contributed by atoms with Gasteiger partial charge in [0, 0.05) is 13.1 Å². The van der Waals surface area contributed by atoms with E-state index in [2.05, 4.69) is 17.1 Å². The van der Waals surface area contributed by atoms with Crippen LogP contribution in [0.1, 0.15) is 36.4 Å². The summed E-state index contributed by atoms with van der Waals surface area (Å²) in [6.45, 7) is 6.84. The van der Waals surface area contributed by atoms with Crippen LogP contribution in [0, 0.1) is 18.3 Å². The third-order valence-electron chi connectivity index (χ3n) is 4.33. The van der Waals surface area contributed by atoms with Crippen molar-refractivity contribution in [3.8, 4) is 6.07 Å². The van der Waals surface area contributed by atoms with Gasteiger partial charge in [-0.05, 0) is 44.7 Å². The molecule has 6 heteroatoms. The lowest BCUT2D eigenvalue weighted by atomic mass is 10.0. The van der Waals surface area contributed by atoms with Gasteiger partial charge < -0.3 is 9.74 Å². The van der Waals surface area contributed by atoms with E-state index in [1.165, 1.54) is 11.1 Å². The second kappa shape index (κ2) is 6.98. The van der Waals surface area contributed by atoms with Crippen molar-refractivity contribution >= 4 is 5.82 Å². The van der Waals surface area contributed by atoms with E-state index in [9.17, 15) is 10.1 Å².